The zero-order valence-corrected chi connectivity index (χ0v) is 9.87. The van der Waals surface area contributed by atoms with Crippen molar-refractivity contribution >= 4 is 23.4 Å². The van der Waals surface area contributed by atoms with Gasteiger partial charge in [0.05, 0.1) is 12.7 Å². The van der Waals surface area contributed by atoms with Crippen molar-refractivity contribution in [3.8, 4) is 0 Å². The highest BCUT2D eigenvalue weighted by Gasteiger charge is 2.07. The molecule has 0 atom stereocenters. The summed E-state index contributed by atoms with van der Waals surface area (Å²) in [5.41, 5.74) is -0.0821. The summed E-state index contributed by atoms with van der Waals surface area (Å²) in [6.45, 7) is 0.976. The predicted octanol–water partition coefficient (Wildman–Crippen LogP) is 0.532. The van der Waals surface area contributed by atoms with Gasteiger partial charge in [-0.15, -0.1) is 15.3 Å². The van der Waals surface area contributed by atoms with Gasteiger partial charge in [0.25, 0.3) is 0 Å². The molecule has 2 N–H and O–H groups in total. The molecule has 2 rings (SSSR count). The van der Waals surface area contributed by atoms with Crippen molar-refractivity contribution in [2.45, 2.75) is 6.54 Å². The largest absolute Gasteiger partial charge is 0.476 e. The van der Waals surface area contributed by atoms with Crippen LogP contribution in [0.1, 0.15) is 10.5 Å². The first kappa shape index (κ1) is 12.2. The molecule has 0 fully saturated rings. The van der Waals surface area contributed by atoms with E-state index in [-0.39, 0.29) is 5.69 Å². The second-order valence-electron chi connectivity index (χ2n) is 3.34. The summed E-state index contributed by atoms with van der Waals surface area (Å²) in [5.74, 6) is -0.518. The van der Waals surface area contributed by atoms with Crippen LogP contribution in [0.3, 0.4) is 0 Å². The molecule has 0 unspecified atom stereocenters. The monoisotopic (exact) mass is 268 g/mol. The Balaban J connectivity index is 1.84. The second kappa shape index (κ2) is 5.41. The van der Waals surface area contributed by atoms with Gasteiger partial charge in [-0.1, -0.05) is 16.8 Å². The lowest BCUT2D eigenvalue weighted by Crippen LogP contribution is -2.12. The van der Waals surface area contributed by atoms with Crippen molar-refractivity contribution in [3.05, 3.63) is 29.2 Å². The Kier molecular flexibility index (Phi) is 3.68. The fraction of sp³-hybridized carbons (Fsp3) is 0.222. The van der Waals surface area contributed by atoms with Gasteiger partial charge in [0.2, 0.25) is 0 Å². The molecule has 0 spiro atoms. The van der Waals surface area contributed by atoms with Gasteiger partial charge in [0, 0.05) is 6.54 Å². The van der Waals surface area contributed by atoms with Crippen LogP contribution >= 0.6 is 11.6 Å². The summed E-state index contributed by atoms with van der Waals surface area (Å²) >= 11 is 5.59. The molecule has 94 valence electrons. The molecule has 0 saturated heterocycles. The van der Waals surface area contributed by atoms with E-state index >= 15 is 0 Å². The molecular weight excluding hydrogens is 260 g/mol. The minimum Gasteiger partial charge on any atom is -0.476 e. The number of anilines is 1. The first-order valence-corrected chi connectivity index (χ1v) is 5.39. The zero-order valence-electron chi connectivity index (χ0n) is 9.12. The van der Waals surface area contributed by atoms with Crippen molar-refractivity contribution in [1.82, 2.24) is 25.2 Å². The number of carboxylic acids is 1. The van der Waals surface area contributed by atoms with Crippen molar-refractivity contribution < 1.29 is 9.90 Å². The number of hydrogen-bond acceptors (Lipinski definition) is 6. The molecule has 2 aromatic rings. The number of nitrogens with one attached hydrogen (secondary N) is 1. The van der Waals surface area contributed by atoms with Crippen LogP contribution in [0.15, 0.2) is 18.3 Å². The third-order valence-corrected chi connectivity index (χ3v) is 2.24. The smallest absolute Gasteiger partial charge is 0.358 e. The Morgan fingerprint density at radius 2 is 2.22 bits per heavy atom. The Morgan fingerprint density at radius 1 is 1.39 bits per heavy atom. The van der Waals surface area contributed by atoms with Gasteiger partial charge in [0.1, 0.15) is 5.82 Å². The minimum absolute atomic E-state index is 0.0821. The van der Waals surface area contributed by atoms with Crippen LogP contribution in [0.4, 0.5) is 5.82 Å². The van der Waals surface area contributed by atoms with Crippen LogP contribution in [-0.2, 0) is 6.54 Å². The average molecular weight is 269 g/mol. The molecule has 0 aliphatic carbocycles. The summed E-state index contributed by atoms with van der Waals surface area (Å²) in [5, 5.41) is 26.6. The molecule has 0 aliphatic heterocycles. The Hall–Kier alpha value is -2.22. The molecule has 18 heavy (non-hydrogen) atoms. The molecule has 0 amide bonds. The van der Waals surface area contributed by atoms with E-state index in [2.05, 4.69) is 25.8 Å². The summed E-state index contributed by atoms with van der Waals surface area (Å²) in [7, 11) is 0. The second-order valence-corrected chi connectivity index (χ2v) is 3.73. The third-order valence-electron chi connectivity index (χ3n) is 2.04. The number of hydrogen-bond donors (Lipinski definition) is 2. The number of nitrogens with zero attached hydrogens (tertiary/aromatic N) is 5. The zero-order chi connectivity index (χ0) is 13.0. The van der Waals surface area contributed by atoms with Crippen LogP contribution in [0.5, 0.6) is 0 Å². The van der Waals surface area contributed by atoms with E-state index in [9.17, 15) is 4.79 Å². The maximum Gasteiger partial charge on any atom is 0.358 e. The van der Waals surface area contributed by atoms with E-state index < -0.39 is 5.97 Å². The van der Waals surface area contributed by atoms with Crippen LogP contribution in [-0.4, -0.2) is 42.8 Å². The average Bonchev–Trinajstić information content (AvgIpc) is 2.81. The standard InChI is InChI=1S/C9H9ClN6O2/c10-7-1-2-8(14-13-7)11-3-4-16-5-6(9(17)18)12-15-16/h1-2,5H,3-4H2,(H,11,14)(H,17,18). The molecular formula is C9H9ClN6O2. The first-order chi connectivity index (χ1) is 8.65. The Labute approximate surface area is 107 Å². The van der Waals surface area contributed by atoms with Crippen molar-refractivity contribution in [3.63, 3.8) is 0 Å². The minimum atomic E-state index is -1.10. The summed E-state index contributed by atoms with van der Waals surface area (Å²) in [6.07, 6.45) is 1.36. The number of carboxylic acid groups (broad SMARTS) is 1. The van der Waals surface area contributed by atoms with E-state index in [0.717, 1.165) is 0 Å². The van der Waals surface area contributed by atoms with Crippen molar-refractivity contribution in [2.75, 3.05) is 11.9 Å². The highest BCUT2D eigenvalue weighted by Crippen LogP contribution is 2.05. The fourth-order valence-electron chi connectivity index (χ4n) is 1.21. The van der Waals surface area contributed by atoms with Gasteiger partial charge in [-0.3, -0.25) is 0 Å². The first-order valence-electron chi connectivity index (χ1n) is 5.01. The molecule has 2 heterocycles. The summed E-state index contributed by atoms with van der Waals surface area (Å²) < 4.78 is 1.43. The van der Waals surface area contributed by atoms with Gasteiger partial charge in [-0.05, 0) is 12.1 Å². The SMILES string of the molecule is O=C(O)c1cn(CCNc2ccc(Cl)nn2)nn1. The topological polar surface area (TPSA) is 106 Å². The summed E-state index contributed by atoms with van der Waals surface area (Å²) in [4.78, 5) is 10.6. The molecule has 2 aromatic heterocycles. The van der Waals surface area contributed by atoms with E-state index in [1.807, 2.05) is 0 Å². The van der Waals surface area contributed by atoms with Crippen molar-refractivity contribution in [2.24, 2.45) is 0 Å². The van der Waals surface area contributed by atoms with E-state index in [1.165, 1.54) is 10.9 Å². The molecule has 0 aromatic carbocycles. The highest BCUT2D eigenvalue weighted by molar-refractivity contribution is 6.29. The molecule has 0 aliphatic rings. The third kappa shape index (κ3) is 3.14. The number of aromatic nitrogens is 5. The Morgan fingerprint density at radius 3 is 2.83 bits per heavy atom. The highest BCUT2D eigenvalue weighted by atomic mass is 35.5. The number of aromatic carboxylic acids is 1. The van der Waals surface area contributed by atoms with E-state index in [0.29, 0.717) is 24.1 Å². The lowest BCUT2D eigenvalue weighted by molar-refractivity contribution is 0.0690. The normalized spacial score (nSPS) is 10.3. The van der Waals surface area contributed by atoms with Crippen LogP contribution in [0, 0.1) is 0 Å². The van der Waals surface area contributed by atoms with Gasteiger partial charge >= 0.3 is 5.97 Å². The summed E-state index contributed by atoms with van der Waals surface area (Å²) in [6, 6.07) is 3.31. The van der Waals surface area contributed by atoms with Gasteiger partial charge < -0.3 is 10.4 Å². The lowest BCUT2D eigenvalue weighted by Gasteiger charge is -2.03. The van der Waals surface area contributed by atoms with Crippen LogP contribution in [0.2, 0.25) is 5.15 Å². The van der Waals surface area contributed by atoms with E-state index in [4.69, 9.17) is 16.7 Å². The van der Waals surface area contributed by atoms with Crippen LogP contribution < -0.4 is 5.32 Å². The maximum atomic E-state index is 10.6. The quantitative estimate of drug-likeness (QED) is 0.815. The number of halogens is 1. The number of rotatable bonds is 5. The van der Waals surface area contributed by atoms with E-state index in [1.54, 1.807) is 12.1 Å². The maximum absolute atomic E-state index is 10.6. The molecule has 0 bridgehead atoms. The molecule has 9 heteroatoms. The lowest BCUT2D eigenvalue weighted by atomic mass is 10.5. The van der Waals surface area contributed by atoms with Crippen molar-refractivity contribution in [1.29, 1.82) is 0 Å². The Bertz CT molecular complexity index is 540. The molecule has 0 radical (unpaired) electrons. The van der Waals surface area contributed by atoms with Crippen LogP contribution in [0.25, 0.3) is 0 Å². The fourth-order valence-corrected chi connectivity index (χ4v) is 1.32. The number of carbonyl (C=O) groups is 1. The predicted molar refractivity (Wildman–Crippen MR) is 62.5 cm³/mol. The molecule has 8 nitrogen and oxygen atoms in total. The van der Waals surface area contributed by atoms with Gasteiger partial charge in [0.15, 0.2) is 10.8 Å². The van der Waals surface area contributed by atoms with Gasteiger partial charge in [-0.2, -0.15) is 0 Å². The molecule has 0 saturated carbocycles. The van der Waals surface area contributed by atoms with Gasteiger partial charge in [-0.25, -0.2) is 9.48 Å².